The third-order valence-corrected chi connectivity index (χ3v) is 7.84. The number of H-pyrrole nitrogens is 1. The standard InChI is InChI=1S/C29H38ClN5O3/c1-35(29(37)22-18-33-26-10-6-5-8-20(22)26)15-7-3-4-9-25(19-11-13-32-14-12-19)34-28(36)21-16-23(30)24(31)17-27(21)38-2/h5-6,8,10,16-19,25,32-33H,3-4,7,9,11-15,31H2,1-2H3,(H,34,36). The molecule has 3 aromatic rings. The van der Waals surface area contributed by atoms with E-state index in [1.807, 2.05) is 31.3 Å². The molecule has 1 aliphatic heterocycles. The van der Waals surface area contributed by atoms with Gasteiger partial charge in [-0.2, -0.15) is 0 Å². The molecule has 5 N–H and O–H groups in total. The van der Waals surface area contributed by atoms with Gasteiger partial charge in [-0.3, -0.25) is 9.59 Å². The number of nitrogens with two attached hydrogens (primary N) is 1. The van der Waals surface area contributed by atoms with Crippen LogP contribution in [0.25, 0.3) is 10.9 Å². The molecule has 9 heteroatoms. The molecule has 2 amide bonds. The Labute approximate surface area is 229 Å². The number of halogens is 1. The zero-order valence-corrected chi connectivity index (χ0v) is 22.9. The van der Waals surface area contributed by atoms with Crippen LogP contribution in [0.3, 0.4) is 0 Å². The monoisotopic (exact) mass is 539 g/mol. The summed E-state index contributed by atoms with van der Waals surface area (Å²) < 4.78 is 5.39. The largest absolute Gasteiger partial charge is 0.496 e. The maximum Gasteiger partial charge on any atom is 0.255 e. The summed E-state index contributed by atoms with van der Waals surface area (Å²) in [7, 11) is 3.37. The average molecular weight is 540 g/mol. The number of carbonyl (C=O) groups is 2. The van der Waals surface area contributed by atoms with E-state index in [-0.39, 0.29) is 17.9 Å². The second kappa shape index (κ2) is 13.0. The van der Waals surface area contributed by atoms with Crippen molar-refractivity contribution in [3.63, 3.8) is 0 Å². The van der Waals surface area contributed by atoms with Crippen molar-refractivity contribution in [3.8, 4) is 5.75 Å². The van der Waals surface area contributed by atoms with Crippen molar-refractivity contribution in [1.29, 1.82) is 0 Å². The highest BCUT2D eigenvalue weighted by atomic mass is 35.5. The van der Waals surface area contributed by atoms with Crippen molar-refractivity contribution >= 4 is 40.0 Å². The van der Waals surface area contributed by atoms with E-state index in [1.54, 1.807) is 23.2 Å². The van der Waals surface area contributed by atoms with Crippen LogP contribution in [-0.2, 0) is 0 Å². The van der Waals surface area contributed by atoms with Crippen LogP contribution in [0.15, 0.2) is 42.6 Å². The molecule has 1 aliphatic rings. The predicted molar refractivity (Wildman–Crippen MR) is 153 cm³/mol. The fourth-order valence-corrected chi connectivity index (χ4v) is 5.44. The number of ether oxygens (including phenoxy) is 1. The first kappa shape index (κ1) is 27.8. The van der Waals surface area contributed by atoms with Gasteiger partial charge in [0.05, 0.1) is 28.9 Å². The topological polar surface area (TPSA) is 112 Å². The number of nitrogen functional groups attached to an aromatic ring is 1. The number of nitrogens with one attached hydrogen (secondary N) is 3. The summed E-state index contributed by atoms with van der Waals surface area (Å²) >= 11 is 6.20. The Hall–Kier alpha value is -3.23. The number of benzene rings is 2. The molecule has 8 nitrogen and oxygen atoms in total. The number of hydrogen-bond acceptors (Lipinski definition) is 5. The van der Waals surface area contributed by atoms with Crippen LogP contribution in [0.1, 0.15) is 59.2 Å². The van der Waals surface area contributed by atoms with E-state index in [0.29, 0.717) is 40.0 Å². The Morgan fingerprint density at radius 3 is 2.68 bits per heavy atom. The van der Waals surface area contributed by atoms with E-state index in [2.05, 4.69) is 15.6 Å². The molecular formula is C29H38ClN5O3. The Bertz CT molecular complexity index is 1250. The first-order chi connectivity index (χ1) is 18.4. The lowest BCUT2D eigenvalue weighted by atomic mass is 9.87. The number of carbonyl (C=O) groups excluding carboxylic acids is 2. The van der Waals surface area contributed by atoms with E-state index in [0.717, 1.165) is 62.5 Å². The molecule has 0 radical (unpaired) electrons. The van der Waals surface area contributed by atoms with Gasteiger partial charge in [0, 0.05) is 42.8 Å². The van der Waals surface area contributed by atoms with Crippen LogP contribution in [0, 0.1) is 5.92 Å². The number of unbranched alkanes of at least 4 members (excludes halogenated alkanes) is 2. The van der Waals surface area contributed by atoms with Gasteiger partial charge in [-0.05, 0) is 56.8 Å². The van der Waals surface area contributed by atoms with Gasteiger partial charge >= 0.3 is 0 Å². The second-order valence-electron chi connectivity index (χ2n) is 10.1. The van der Waals surface area contributed by atoms with E-state index in [1.165, 1.54) is 7.11 Å². The minimum atomic E-state index is -0.198. The zero-order chi connectivity index (χ0) is 27.1. The quantitative estimate of drug-likeness (QED) is 0.206. The number of aromatic nitrogens is 1. The minimum absolute atomic E-state index is 0.0263. The smallest absolute Gasteiger partial charge is 0.255 e. The first-order valence-electron chi connectivity index (χ1n) is 13.3. The molecule has 2 aromatic carbocycles. The van der Waals surface area contributed by atoms with Crippen molar-refractivity contribution < 1.29 is 14.3 Å². The van der Waals surface area contributed by atoms with Crippen molar-refractivity contribution in [1.82, 2.24) is 20.5 Å². The molecule has 2 heterocycles. The molecule has 0 aliphatic carbocycles. The summed E-state index contributed by atoms with van der Waals surface area (Å²) in [4.78, 5) is 31.2. The van der Waals surface area contributed by atoms with Gasteiger partial charge in [0.2, 0.25) is 0 Å². The number of hydrogen-bond donors (Lipinski definition) is 4. The first-order valence-corrected chi connectivity index (χ1v) is 13.7. The number of nitrogens with zero attached hydrogens (tertiary/aromatic N) is 1. The Kier molecular flexibility index (Phi) is 9.53. The number of fused-ring (bicyclic) bond motifs is 1. The molecule has 0 spiro atoms. The van der Waals surface area contributed by atoms with E-state index >= 15 is 0 Å². The molecule has 1 atom stereocenters. The number of amides is 2. The molecule has 1 aromatic heterocycles. The number of anilines is 1. The summed E-state index contributed by atoms with van der Waals surface area (Å²) in [6.45, 7) is 2.59. The van der Waals surface area contributed by atoms with Gasteiger partial charge in [-0.1, -0.05) is 42.6 Å². The van der Waals surface area contributed by atoms with Crippen molar-refractivity contribution in [2.75, 3.05) is 39.5 Å². The van der Waals surface area contributed by atoms with E-state index in [4.69, 9.17) is 22.1 Å². The fourth-order valence-electron chi connectivity index (χ4n) is 5.28. The molecule has 1 unspecified atom stereocenters. The summed E-state index contributed by atoms with van der Waals surface area (Å²) in [5.74, 6) is 0.646. The van der Waals surface area contributed by atoms with Gasteiger partial charge in [0.1, 0.15) is 5.75 Å². The third kappa shape index (κ3) is 6.60. The van der Waals surface area contributed by atoms with Gasteiger partial charge in [-0.15, -0.1) is 0 Å². The minimum Gasteiger partial charge on any atom is -0.496 e. The van der Waals surface area contributed by atoms with Crippen LogP contribution in [-0.4, -0.2) is 61.5 Å². The molecule has 1 saturated heterocycles. The van der Waals surface area contributed by atoms with Crippen molar-refractivity contribution in [2.24, 2.45) is 5.92 Å². The number of aromatic amines is 1. The predicted octanol–water partition coefficient (Wildman–Crippen LogP) is 4.84. The van der Waals surface area contributed by atoms with Crippen LogP contribution in [0.4, 0.5) is 5.69 Å². The van der Waals surface area contributed by atoms with Gasteiger partial charge in [0.25, 0.3) is 11.8 Å². The molecule has 0 bridgehead atoms. The van der Waals surface area contributed by atoms with Crippen LogP contribution in [0.5, 0.6) is 5.75 Å². The third-order valence-electron chi connectivity index (χ3n) is 7.51. The van der Waals surface area contributed by atoms with Gasteiger partial charge < -0.3 is 31.0 Å². The van der Waals surface area contributed by atoms with E-state index in [9.17, 15) is 9.59 Å². The highest BCUT2D eigenvalue weighted by Gasteiger charge is 2.26. The molecular weight excluding hydrogens is 502 g/mol. The maximum atomic E-state index is 13.2. The number of rotatable bonds is 11. The van der Waals surface area contributed by atoms with E-state index < -0.39 is 0 Å². The summed E-state index contributed by atoms with van der Waals surface area (Å²) in [5.41, 5.74) is 8.33. The normalized spacial score (nSPS) is 14.8. The number of para-hydroxylation sites is 1. The highest BCUT2D eigenvalue weighted by Crippen LogP contribution is 2.30. The number of methoxy groups -OCH3 is 1. The van der Waals surface area contributed by atoms with Crippen LogP contribution < -0.4 is 21.1 Å². The van der Waals surface area contributed by atoms with Crippen molar-refractivity contribution in [2.45, 2.75) is 44.6 Å². The Balaban J connectivity index is 1.31. The Morgan fingerprint density at radius 1 is 1.16 bits per heavy atom. The van der Waals surface area contributed by atoms with Crippen LogP contribution >= 0.6 is 11.6 Å². The molecule has 4 rings (SSSR count). The lowest BCUT2D eigenvalue weighted by molar-refractivity contribution is 0.0793. The Morgan fingerprint density at radius 2 is 1.92 bits per heavy atom. The molecule has 204 valence electrons. The average Bonchev–Trinajstić information content (AvgIpc) is 3.37. The zero-order valence-electron chi connectivity index (χ0n) is 22.2. The lowest BCUT2D eigenvalue weighted by Crippen LogP contribution is -2.44. The van der Waals surface area contributed by atoms with Crippen molar-refractivity contribution in [3.05, 3.63) is 58.7 Å². The molecule has 1 fully saturated rings. The lowest BCUT2D eigenvalue weighted by Gasteiger charge is -2.32. The summed E-state index contributed by atoms with van der Waals surface area (Å²) in [6, 6.07) is 11.1. The SMILES string of the molecule is COc1cc(N)c(Cl)cc1C(=O)NC(CCCCCN(C)C(=O)c1c[nH]c2ccccc12)C1CCNCC1. The summed E-state index contributed by atoms with van der Waals surface area (Å²) in [6.07, 6.45) is 7.54. The maximum absolute atomic E-state index is 13.2. The van der Waals surface area contributed by atoms with Gasteiger partial charge in [0.15, 0.2) is 0 Å². The second-order valence-corrected chi connectivity index (χ2v) is 10.5. The van der Waals surface area contributed by atoms with Gasteiger partial charge in [-0.25, -0.2) is 0 Å². The highest BCUT2D eigenvalue weighted by molar-refractivity contribution is 6.33. The van der Waals surface area contributed by atoms with Crippen LogP contribution in [0.2, 0.25) is 5.02 Å². The summed E-state index contributed by atoms with van der Waals surface area (Å²) in [5, 5.41) is 7.95. The molecule has 0 saturated carbocycles. The number of piperidine rings is 1. The fraction of sp³-hybridized carbons (Fsp3) is 0.448. The molecule has 38 heavy (non-hydrogen) atoms.